The number of hydrogen-bond acceptors (Lipinski definition) is 5. The smallest absolute Gasteiger partial charge is 0.352 e. The van der Waals surface area contributed by atoms with Crippen molar-refractivity contribution < 1.29 is 14.6 Å². The summed E-state index contributed by atoms with van der Waals surface area (Å²) in [6, 6.07) is 20.6. The van der Waals surface area contributed by atoms with Gasteiger partial charge in [0.2, 0.25) is 0 Å². The van der Waals surface area contributed by atoms with Crippen LogP contribution >= 0.6 is 0 Å². The van der Waals surface area contributed by atoms with E-state index in [1.165, 1.54) is 0 Å². The molecule has 0 radical (unpaired) electrons. The minimum Gasteiger partial charge on any atom is -0.493 e. The monoisotopic (exact) mass is 579 g/mol. The van der Waals surface area contributed by atoms with Crippen LogP contribution in [0.15, 0.2) is 60.7 Å². The molecule has 3 heterocycles. The highest BCUT2D eigenvalue weighted by molar-refractivity contribution is 6.04. The molecule has 1 aliphatic heterocycles. The summed E-state index contributed by atoms with van der Waals surface area (Å²) in [4.78, 5) is 17.8. The van der Waals surface area contributed by atoms with Crippen LogP contribution in [0.2, 0.25) is 0 Å². The van der Waals surface area contributed by atoms with Gasteiger partial charge in [0.1, 0.15) is 11.4 Å². The first-order valence-electron chi connectivity index (χ1n) is 15.2. The fourth-order valence-electron chi connectivity index (χ4n) is 6.63. The Bertz CT molecular complexity index is 1770. The van der Waals surface area contributed by atoms with Crippen molar-refractivity contribution in [2.24, 2.45) is 7.05 Å². The number of aromatic nitrogens is 3. The fraction of sp³-hybridized carbons (Fsp3) is 0.371. The number of likely N-dealkylation sites (N-methyl/N-ethyl adjacent to an activating group) is 1. The van der Waals surface area contributed by atoms with Gasteiger partial charge in [0, 0.05) is 73.9 Å². The van der Waals surface area contributed by atoms with Crippen molar-refractivity contribution in [3.63, 3.8) is 0 Å². The van der Waals surface area contributed by atoms with Gasteiger partial charge in [-0.05, 0) is 50.8 Å². The van der Waals surface area contributed by atoms with E-state index >= 15 is 0 Å². The highest BCUT2D eigenvalue weighted by Gasteiger charge is 2.26. The lowest BCUT2D eigenvalue weighted by molar-refractivity contribution is 0.0682. The second kappa shape index (κ2) is 12.2. The minimum atomic E-state index is -0.884. The van der Waals surface area contributed by atoms with Crippen LogP contribution in [-0.2, 0) is 20.0 Å². The maximum absolute atomic E-state index is 13.0. The molecule has 0 bridgehead atoms. The van der Waals surface area contributed by atoms with E-state index in [2.05, 4.69) is 69.8 Å². The molecular formula is C35H41N5O3. The molecule has 43 heavy (non-hydrogen) atoms. The zero-order valence-corrected chi connectivity index (χ0v) is 25.6. The Kier molecular flexibility index (Phi) is 8.23. The second-order valence-electron chi connectivity index (χ2n) is 11.7. The number of carboxylic acids is 1. The number of aromatic carboxylic acids is 1. The van der Waals surface area contributed by atoms with Crippen molar-refractivity contribution >= 4 is 27.6 Å². The van der Waals surface area contributed by atoms with Crippen LogP contribution in [0.4, 0.5) is 0 Å². The molecule has 224 valence electrons. The summed E-state index contributed by atoms with van der Waals surface area (Å²) in [5.74, 6) is -0.0268. The van der Waals surface area contributed by atoms with Gasteiger partial charge in [-0.2, -0.15) is 5.10 Å². The summed E-state index contributed by atoms with van der Waals surface area (Å²) in [5.41, 5.74) is 6.39. The average molecular weight is 580 g/mol. The summed E-state index contributed by atoms with van der Waals surface area (Å²) in [6.07, 6.45) is 1.31. The van der Waals surface area contributed by atoms with Crippen LogP contribution in [-0.4, -0.2) is 81.6 Å². The highest BCUT2D eigenvalue weighted by atomic mass is 16.5. The van der Waals surface area contributed by atoms with Crippen molar-refractivity contribution in [1.29, 1.82) is 0 Å². The van der Waals surface area contributed by atoms with Gasteiger partial charge in [-0.3, -0.25) is 9.58 Å². The molecule has 6 rings (SSSR count). The van der Waals surface area contributed by atoms with E-state index in [1.54, 1.807) is 0 Å². The van der Waals surface area contributed by atoms with Crippen molar-refractivity contribution in [2.75, 3.05) is 46.4 Å². The van der Waals surface area contributed by atoms with Gasteiger partial charge >= 0.3 is 5.97 Å². The van der Waals surface area contributed by atoms with Gasteiger partial charge in [-0.15, -0.1) is 0 Å². The molecule has 2 aromatic heterocycles. The van der Waals surface area contributed by atoms with E-state index in [4.69, 9.17) is 4.74 Å². The molecule has 0 spiro atoms. The minimum absolute atomic E-state index is 0.390. The molecule has 0 aliphatic carbocycles. The molecule has 0 unspecified atom stereocenters. The van der Waals surface area contributed by atoms with Gasteiger partial charge in [-0.25, -0.2) is 4.79 Å². The third kappa shape index (κ3) is 5.65. The first kappa shape index (κ1) is 29.0. The molecule has 1 aliphatic rings. The topological polar surface area (TPSA) is 75.8 Å². The number of nitrogens with zero attached hydrogens (tertiary/aromatic N) is 5. The van der Waals surface area contributed by atoms with E-state index in [1.807, 2.05) is 42.9 Å². The van der Waals surface area contributed by atoms with E-state index in [0.717, 1.165) is 88.2 Å². The van der Waals surface area contributed by atoms with Gasteiger partial charge in [-0.1, -0.05) is 54.6 Å². The molecule has 5 aromatic rings. The van der Waals surface area contributed by atoms with Crippen molar-refractivity contribution in [3.05, 3.63) is 83.3 Å². The van der Waals surface area contributed by atoms with E-state index in [0.29, 0.717) is 31.7 Å². The standard InChI is InChI=1S/C35H41N5O3/c1-24-32(25(2)38(4)36-24)30-14-8-13-28-29(15-9-23-43-31-16-7-11-26-10-5-6-12-27(26)31)34(35(41)42)40(33(28)30)22-21-39-19-17-37(3)18-20-39/h5-8,10-14,16H,9,15,17-23H2,1-4H3,(H,41,42). The number of rotatable bonds is 10. The number of para-hydroxylation sites is 1. The Balaban J connectivity index is 1.36. The number of carboxylic acid groups (broad SMARTS) is 1. The Morgan fingerprint density at radius 3 is 2.37 bits per heavy atom. The maximum Gasteiger partial charge on any atom is 0.352 e. The zero-order chi connectivity index (χ0) is 30.1. The van der Waals surface area contributed by atoms with Crippen LogP contribution in [0.3, 0.4) is 0 Å². The van der Waals surface area contributed by atoms with Crippen molar-refractivity contribution in [3.8, 4) is 16.9 Å². The lowest BCUT2D eigenvalue weighted by atomic mass is 9.98. The molecule has 1 N–H and O–H groups in total. The third-order valence-electron chi connectivity index (χ3n) is 8.98. The van der Waals surface area contributed by atoms with E-state index in [-0.39, 0.29) is 0 Å². The number of hydrogen-bond donors (Lipinski definition) is 1. The summed E-state index contributed by atoms with van der Waals surface area (Å²) >= 11 is 0. The predicted molar refractivity (Wildman–Crippen MR) is 172 cm³/mol. The van der Waals surface area contributed by atoms with Crippen molar-refractivity contribution in [1.82, 2.24) is 24.1 Å². The summed E-state index contributed by atoms with van der Waals surface area (Å²) < 4.78 is 10.2. The predicted octanol–water partition coefficient (Wildman–Crippen LogP) is 5.77. The second-order valence-corrected chi connectivity index (χ2v) is 11.7. The molecular weight excluding hydrogens is 538 g/mol. The first-order chi connectivity index (χ1) is 20.8. The van der Waals surface area contributed by atoms with Crippen LogP contribution < -0.4 is 4.74 Å². The molecule has 1 fully saturated rings. The normalized spacial score (nSPS) is 14.6. The maximum atomic E-state index is 13.0. The molecule has 3 aromatic carbocycles. The third-order valence-corrected chi connectivity index (χ3v) is 8.98. The summed E-state index contributed by atoms with van der Waals surface area (Å²) in [6.45, 7) is 10.1. The molecule has 8 nitrogen and oxygen atoms in total. The Hall–Kier alpha value is -4.14. The Morgan fingerprint density at radius 2 is 1.63 bits per heavy atom. The summed E-state index contributed by atoms with van der Waals surface area (Å²) in [7, 11) is 4.11. The van der Waals surface area contributed by atoms with E-state index in [9.17, 15) is 9.90 Å². The van der Waals surface area contributed by atoms with Gasteiger partial charge in [0.15, 0.2) is 0 Å². The number of carbonyl (C=O) groups is 1. The number of benzene rings is 3. The van der Waals surface area contributed by atoms with Crippen molar-refractivity contribution in [2.45, 2.75) is 33.2 Å². The van der Waals surface area contributed by atoms with Crippen LogP contribution in [0, 0.1) is 13.8 Å². The average Bonchev–Trinajstić information content (AvgIpc) is 3.46. The quantitative estimate of drug-likeness (QED) is 0.212. The van der Waals surface area contributed by atoms with Crippen LogP contribution in [0.1, 0.15) is 33.9 Å². The van der Waals surface area contributed by atoms with Gasteiger partial charge in [0.25, 0.3) is 0 Å². The molecule has 8 heteroatoms. The summed E-state index contributed by atoms with van der Waals surface area (Å²) in [5, 5.41) is 18.6. The van der Waals surface area contributed by atoms with Gasteiger partial charge < -0.3 is 19.3 Å². The lowest BCUT2D eigenvalue weighted by Crippen LogP contribution is -2.45. The number of ether oxygens (including phenoxy) is 1. The van der Waals surface area contributed by atoms with Gasteiger partial charge in [0.05, 0.1) is 17.8 Å². The van der Waals surface area contributed by atoms with Crippen LogP contribution in [0.5, 0.6) is 5.75 Å². The number of piperazine rings is 1. The highest BCUT2D eigenvalue weighted by Crippen LogP contribution is 2.38. The molecule has 0 amide bonds. The number of aryl methyl sites for hydroxylation is 3. The molecule has 0 saturated carbocycles. The Labute approximate surface area is 253 Å². The zero-order valence-electron chi connectivity index (χ0n) is 25.6. The largest absolute Gasteiger partial charge is 0.493 e. The SMILES string of the molecule is Cc1nn(C)c(C)c1-c1cccc2c(CCCOc3cccc4ccccc34)c(C(=O)O)n(CCN3CCN(C)CC3)c12. The Morgan fingerprint density at radius 1 is 0.907 bits per heavy atom. The number of fused-ring (bicyclic) bond motifs is 2. The van der Waals surface area contributed by atoms with E-state index < -0.39 is 5.97 Å². The fourth-order valence-corrected chi connectivity index (χ4v) is 6.63. The lowest BCUT2D eigenvalue weighted by Gasteiger charge is -2.32. The molecule has 0 atom stereocenters. The first-order valence-corrected chi connectivity index (χ1v) is 15.2. The van der Waals surface area contributed by atoms with Crippen LogP contribution in [0.25, 0.3) is 32.8 Å². The molecule has 1 saturated heterocycles.